The third-order valence-corrected chi connectivity index (χ3v) is 5.42. The Hall–Kier alpha value is -1.59. The van der Waals surface area contributed by atoms with Crippen molar-refractivity contribution in [3.05, 3.63) is 35.4 Å². The zero-order valence-electron chi connectivity index (χ0n) is 15.6. The van der Waals surface area contributed by atoms with Gasteiger partial charge in [0.1, 0.15) is 0 Å². The van der Waals surface area contributed by atoms with E-state index in [0.29, 0.717) is 13.0 Å². The molecule has 0 spiro atoms. The summed E-state index contributed by atoms with van der Waals surface area (Å²) in [5.74, 6) is 1.08. The number of piperidine rings is 1. The van der Waals surface area contributed by atoms with Crippen molar-refractivity contribution in [2.45, 2.75) is 38.6 Å². The van der Waals surface area contributed by atoms with Crippen LogP contribution >= 0.6 is 12.4 Å². The maximum atomic E-state index is 12.8. The lowest BCUT2D eigenvalue weighted by atomic mass is 9.93. The van der Waals surface area contributed by atoms with E-state index < -0.39 is 0 Å². The van der Waals surface area contributed by atoms with Crippen LogP contribution in [0.2, 0.25) is 0 Å². The fourth-order valence-corrected chi connectivity index (χ4v) is 3.85. The number of amides is 2. The number of benzene rings is 1. The number of nitrogens with one attached hydrogen (secondary N) is 1. The number of halogens is 1. The van der Waals surface area contributed by atoms with Crippen molar-refractivity contribution in [3.8, 4) is 0 Å². The number of likely N-dealkylation sites (tertiary alicyclic amines) is 2. The largest absolute Gasteiger partial charge is 0.339 e. The van der Waals surface area contributed by atoms with E-state index in [1.807, 2.05) is 41.1 Å². The zero-order chi connectivity index (χ0) is 17.6. The van der Waals surface area contributed by atoms with E-state index in [0.717, 1.165) is 62.5 Å². The Labute approximate surface area is 162 Å². The zero-order valence-corrected chi connectivity index (χ0v) is 16.4. The van der Waals surface area contributed by atoms with Gasteiger partial charge in [0.2, 0.25) is 5.91 Å². The topological polar surface area (TPSA) is 52.7 Å². The van der Waals surface area contributed by atoms with Gasteiger partial charge in [-0.1, -0.05) is 12.1 Å². The maximum Gasteiger partial charge on any atom is 0.253 e. The number of hydrogen-bond donors (Lipinski definition) is 1. The number of carbonyl (C=O) groups excluding carboxylic acids is 2. The Bertz CT molecular complexity index is 615. The molecule has 1 aromatic carbocycles. The first-order chi connectivity index (χ1) is 12.2. The summed E-state index contributed by atoms with van der Waals surface area (Å²) in [5.41, 5.74) is 1.79. The van der Waals surface area contributed by atoms with Crippen LogP contribution in [0.4, 0.5) is 0 Å². The van der Waals surface area contributed by atoms with Crippen LogP contribution in [-0.4, -0.2) is 54.8 Å². The minimum absolute atomic E-state index is 0. The average Bonchev–Trinajstić information content (AvgIpc) is 3.05. The van der Waals surface area contributed by atoms with Crippen LogP contribution in [0.25, 0.3) is 0 Å². The summed E-state index contributed by atoms with van der Waals surface area (Å²) in [6.07, 6.45) is 4.98. The van der Waals surface area contributed by atoms with Crippen molar-refractivity contribution in [2.24, 2.45) is 5.92 Å². The summed E-state index contributed by atoms with van der Waals surface area (Å²) in [7, 11) is 1.99. The van der Waals surface area contributed by atoms with Gasteiger partial charge in [-0.25, -0.2) is 0 Å². The first-order valence-electron chi connectivity index (χ1n) is 9.48. The summed E-state index contributed by atoms with van der Waals surface area (Å²) >= 11 is 0. The lowest BCUT2D eigenvalue weighted by molar-refractivity contribution is -0.128. The molecule has 0 aliphatic carbocycles. The summed E-state index contributed by atoms with van der Waals surface area (Å²) < 4.78 is 0. The van der Waals surface area contributed by atoms with Crippen LogP contribution < -0.4 is 5.32 Å². The van der Waals surface area contributed by atoms with Crippen molar-refractivity contribution in [1.82, 2.24) is 15.1 Å². The molecule has 144 valence electrons. The van der Waals surface area contributed by atoms with Gasteiger partial charge in [0.05, 0.1) is 0 Å². The molecule has 2 aliphatic rings. The van der Waals surface area contributed by atoms with Gasteiger partial charge in [0, 0.05) is 38.2 Å². The van der Waals surface area contributed by atoms with Crippen LogP contribution in [0, 0.1) is 5.92 Å². The Morgan fingerprint density at radius 2 is 2.00 bits per heavy atom. The van der Waals surface area contributed by atoms with Gasteiger partial charge in [-0.3, -0.25) is 9.59 Å². The molecule has 0 atom stereocenters. The van der Waals surface area contributed by atoms with Crippen LogP contribution in [0.5, 0.6) is 0 Å². The van der Waals surface area contributed by atoms with E-state index in [1.54, 1.807) is 0 Å². The van der Waals surface area contributed by atoms with Crippen LogP contribution in [-0.2, 0) is 11.3 Å². The molecule has 0 radical (unpaired) electrons. The monoisotopic (exact) mass is 379 g/mol. The van der Waals surface area contributed by atoms with Gasteiger partial charge in [-0.2, -0.15) is 0 Å². The Balaban J connectivity index is 0.00000243. The molecule has 0 saturated carbocycles. The minimum atomic E-state index is 0. The first kappa shape index (κ1) is 20.7. The second-order valence-electron chi connectivity index (χ2n) is 7.25. The van der Waals surface area contributed by atoms with Gasteiger partial charge in [0.15, 0.2) is 0 Å². The predicted octanol–water partition coefficient (Wildman–Crippen LogP) is 2.69. The van der Waals surface area contributed by atoms with E-state index in [4.69, 9.17) is 0 Å². The summed E-state index contributed by atoms with van der Waals surface area (Å²) in [4.78, 5) is 28.5. The molecule has 1 aromatic rings. The Kier molecular flexibility index (Phi) is 7.91. The Morgan fingerprint density at radius 3 is 2.65 bits per heavy atom. The molecule has 1 N–H and O–H groups in total. The van der Waals surface area contributed by atoms with Crippen molar-refractivity contribution in [2.75, 3.05) is 33.2 Å². The van der Waals surface area contributed by atoms with E-state index in [9.17, 15) is 9.59 Å². The third kappa shape index (κ3) is 5.21. The second kappa shape index (κ2) is 9.93. The van der Waals surface area contributed by atoms with Crippen LogP contribution in [0.3, 0.4) is 0 Å². The standard InChI is InChI=1S/C20H29N3O2.ClH/c1-21-10-7-16-8-12-22(13-9-16)20(25)18-5-2-4-17(14-18)15-23-11-3-6-19(23)24;/h2,4-5,14,16,21H,3,6-13,15H2,1H3;1H. The van der Waals surface area contributed by atoms with E-state index >= 15 is 0 Å². The van der Waals surface area contributed by atoms with Gasteiger partial charge in [-0.05, 0) is 62.9 Å². The normalized spacial score (nSPS) is 18.1. The smallest absolute Gasteiger partial charge is 0.253 e. The minimum Gasteiger partial charge on any atom is -0.339 e. The fraction of sp³-hybridized carbons (Fsp3) is 0.600. The molecule has 2 fully saturated rings. The average molecular weight is 380 g/mol. The molecule has 2 saturated heterocycles. The highest BCUT2D eigenvalue weighted by atomic mass is 35.5. The quantitative estimate of drug-likeness (QED) is 0.826. The number of hydrogen-bond acceptors (Lipinski definition) is 3. The molecule has 2 aliphatic heterocycles. The summed E-state index contributed by atoms with van der Waals surface area (Å²) in [5, 5.41) is 3.21. The molecule has 0 bridgehead atoms. The van der Waals surface area contributed by atoms with Crippen molar-refractivity contribution >= 4 is 24.2 Å². The molecule has 6 heteroatoms. The van der Waals surface area contributed by atoms with Crippen molar-refractivity contribution < 1.29 is 9.59 Å². The molecule has 2 heterocycles. The van der Waals surface area contributed by atoms with E-state index in [-0.39, 0.29) is 24.2 Å². The highest BCUT2D eigenvalue weighted by Crippen LogP contribution is 2.22. The van der Waals surface area contributed by atoms with Crippen molar-refractivity contribution in [1.29, 1.82) is 0 Å². The molecular formula is C20H30ClN3O2. The maximum absolute atomic E-state index is 12.8. The van der Waals surface area contributed by atoms with Crippen LogP contribution in [0.15, 0.2) is 24.3 Å². The molecule has 5 nitrogen and oxygen atoms in total. The van der Waals surface area contributed by atoms with E-state index in [1.165, 1.54) is 6.42 Å². The second-order valence-corrected chi connectivity index (χ2v) is 7.25. The number of rotatable bonds is 6. The summed E-state index contributed by atoms with van der Waals surface area (Å²) in [6, 6.07) is 7.79. The van der Waals surface area contributed by atoms with Crippen LogP contribution in [0.1, 0.15) is 48.0 Å². The van der Waals surface area contributed by atoms with Gasteiger partial charge in [0.25, 0.3) is 5.91 Å². The fourth-order valence-electron chi connectivity index (χ4n) is 3.85. The molecule has 2 amide bonds. The highest BCUT2D eigenvalue weighted by Gasteiger charge is 2.24. The highest BCUT2D eigenvalue weighted by molar-refractivity contribution is 5.94. The SMILES string of the molecule is CNCCC1CCN(C(=O)c2cccc(CN3CCCC3=O)c2)CC1.Cl. The molecule has 3 rings (SSSR count). The number of nitrogens with zero attached hydrogens (tertiary/aromatic N) is 2. The number of carbonyl (C=O) groups is 2. The Morgan fingerprint density at radius 1 is 1.23 bits per heavy atom. The first-order valence-corrected chi connectivity index (χ1v) is 9.48. The molecule has 26 heavy (non-hydrogen) atoms. The lowest BCUT2D eigenvalue weighted by Crippen LogP contribution is -2.39. The summed E-state index contributed by atoms with van der Waals surface area (Å²) in [6.45, 7) is 4.20. The van der Waals surface area contributed by atoms with Gasteiger partial charge < -0.3 is 15.1 Å². The van der Waals surface area contributed by atoms with Gasteiger partial charge >= 0.3 is 0 Å². The van der Waals surface area contributed by atoms with E-state index in [2.05, 4.69) is 5.32 Å². The van der Waals surface area contributed by atoms with Gasteiger partial charge in [-0.15, -0.1) is 12.4 Å². The third-order valence-electron chi connectivity index (χ3n) is 5.42. The lowest BCUT2D eigenvalue weighted by Gasteiger charge is -2.32. The van der Waals surface area contributed by atoms with Crippen molar-refractivity contribution in [3.63, 3.8) is 0 Å². The molecule has 0 unspecified atom stereocenters. The predicted molar refractivity (Wildman–Crippen MR) is 106 cm³/mol. The molecule has 0 aromatic heterocycles. The molecular weight excluding hydrogens is 350 g/mol.